The van der Waals surface area contributed by atoms with E-state index in [1.165, 1.54) is 11.3 Å². The fraction of sp³-hybridized carbons (Fsp3) is 0.435. The molecule has 1 aliphatic rings. The van der Waals surface area contributed by atoms with Gasteiger partial charge in [0.05, 0.1) is 12.2 Å². The van der Waals surface area contributed by atoms with Crippen LogP contribution < -0.4 is 10.1 Å². The lowest BCUT2D eigenvalue weighted by atomic mass is 9.95. The molecule has 0 spiro atoms. The predicted molar refractivity (Wildman–Crippen MR) is 118 cm³/mol. The first kappa shape index (κ1) is 22.8. The first-order valence-electron chi connectivity index (χ1n) is 10.4. The van der Waals surface area contributed by atoms with Crippen LogP contribution in [0.4, 0.5) is 5.00 Å². The van der Waals surface area contributed by atoms with Crippen molar-refractivity contribution in [3.8, 4) is 5.75 Å². The second-order valence-corrected chi connectivity index (χ2v) is 8.48. The van der Waals surface area contributed by atoms with Crippen LogP contribution in [0, 0.1) is 13.8 Å². The molecular formula is C23H27NO6S. The van der Waals surface area contributed by atoms with E-state index in [0.29, 0.717) is 16.3 Å². The summed E-state index contributed by atoms with van der Waals surface area (Å²) in [6.07, 6.45) is 3.73. The normalized spacial score (nSPS) is 12.6. The highest BCUT2D eigenvalue weighted by atomic mass is 32.1. The Hall–Kier alpha value is -2.87. The van der Waals surface area contributed by atoms with Crippen molar-refractivity contribution in [1.29, 1.82) is 0 Å². The van der Waals surface area contributed by atoms with Crippen molar-refractivity contribution >= 4 is 34.2 Å². The lowest BCUT2D eigenvalue weighted by molar-refractivity contribution is -0.149. The van der Waals surface area contributed by atoms with Gasteiger partial charge in [0.15, 0.2) is 13.2 Å². The predicted octanol–water partition coefficient (Wildman–Crippen LogP) is 3.98. The van der Waals surface area contributed by atoms with Crippen molar-refractivity contribution < 1.29 is 28.6 Å². The van der Waals surface area contributed by atoms with Crippen molar-refractivity contribution in [2.75, 3.05) is 25.1 Å². The summed E-state index contributed by atoms with van der Waals surface area (Å²) in [4.78, 5) is 37.8. The molecule has 31 heavy (non-hydrogen) atoms. The summed E-state index contributed by atoms with van der Waals surface area (Å²) in [5.74, 6) is -1.03. The van der Waals surface area contributed by atoms with E-state index < -0.39 is 24.5 Å². The summed E-state index contributed by atoms with van der Waals surface area (Å²) >= 11 is 1.39. The van der Waals surface area contributed by atoms with E-state index in [1.54, 1.807) is 13.0 Å². The van der Waals surface area contributed by atoms with Crippen molar-refractivity contribution in [3.63, 3.8) is 0 Å². The van der Waals surface area contributed by atoms with Gasteiger partial charge in [-0.1, -0.05) is 6.07 Å². The maximum Gasteiger partial charge on any atom is 0.344 e. The molecule has 0 saturated carbocycles. The molecule has 1 aromatic carbocycles. The molecule has 0 saturated heterocycles. The fourth-order valence-electron chi connectivity index (χ4n) is 3.37. The Morgan fingerprint density at radius 1 is 1.03 bits per heavy atom. The van der Waals surface area contributed by atoms with Gasteiger partial charge in [0.1, 0.15) is 10.8 Å². The molecule has 7 nitrogen and oxygen atoms in total. The standard InChI is InChI=1S/C23H27NO6S/c1-4-28-23(27)21-17-7-5-6-8-18(17)31-22(21)24-19(25)12-30-20(26)13-29-16-10-9-14(2)15(3)11-16/h9-11H,4-8,12-13H2,1-3H3,(H,24,25). The van der Waals surface area contributed by atoms with Crippen LogP contribution in [0.1, 0.15) is 51.7 Å². The van der Waals surface area contributed by atoms with Crippen LogP contribution in [0.3, 0.4) is 0 Å². The lowest BCUT2D eigenvalue weighted by Gasteiger charge is -2.12. The van der Waals surface area contributed by atoms with Gasteiger partial charge in [-0.2, -0.15) is 0 Å². The molecule has 0 aliphatic heterocycles. The van der Waals surface area contributed by atoms with Gasteiger partial charge >= 0.3 is 11.9 Å². The third kappa shape index (κ3) is 5.85. The number of esters is 2. The van der Waals surface area contributed by atoms with E-state index in [4.69, 9.17) is 14.2 Å². The highest BCUT2D eigenvalue weighted by Gasteiger charge is 2.27. The van der Waals surface area contributed by atoms with Crippen LogP contribution in [0.5, 0.6) is 5.75 Å². The summed E-state index contributed by atoms with van der Waals surface area (Å²) in [6, 6.07) is 5.52. The number of nitrogens with one attached hydrogen (secondary N) is 1. The van der Waals surface area contributed by atoms with Crippen LogP contribution in [0.15, 0.2) is 18.2 Å². The quantitative estimate of drug-likeness (QED) is 0.618. The fourth-order valence-corrected chi connectivity index (χ4v) is 4.66. The minimum absolute atomic E-state index is 0.259. The molecule has 0 unspecified atom stereocenters. The highest BCUT2D eigenvalue weighted by molar-refractivity contribution is 7.17. The average molecular weight is 446 g/mol. The SMILES string of the molecule is CCOC(=O)c1c(NC(=O)COC(=O)COc2ccc(C)c(C)c2)sc2c1CCCC2. The zero-order valence-corrected chi connectivity index (χ0v) is 18.9. The maximum absolute atomic E-state index is 12.4. The van der Waals surface area contributed by atoms with Crippen LogP contribution in [0.2, 0.25) is 0 Å². The molecule has 0 atom stereocenters. The molecule has 0 bridgehead atoms. The number of carbonyl (C=O) groups is 3. The van der Waals surface area contributed by atoms with Crippen molar-refractivity contribution in [1.82, 2.24) is 0 Å². The zero-order chi connectivity index (χ0) is 22.4. The Morgan fingerprint density at radius 3 is 2.55 bits per heavy atom. The largest absolute Gasteiger partial charge is 0.482 e. The number of fused-ring (bicyclic) bond motifs is 1. The topological polar surface area (TPSA) is 90.9 Å². The van der Waals surface area contributed by atoms with Gasteiger partial charge in [0.25, 0.3) is 5.91 Å². The molecular weight excluding hydrogens is 418 g/mol. The number of hydrogen-bond acceptors (Lipinski definition) is 7. The van der Waals surface area contributed by atoms with E-state index in [2.05, 4.69) is 5.32 Å². The van der Waals surface area contributed by atoms with E-state index in [9.17, 15) is 14.4 Å². The maximum atomic E-state index is 12.4. The van der Waals surface area contributed by atoms with Crippen LogP contribution in [-0.4, -0.2) is 37.7 Å². The number of hydrogen-bond donors (Lipinski definition) is 1. The van der Waals surface area contributed by atoms with E-state index in [0.717, 1.165) is 47.3 Å². The van der Waals surface area contributed by atoms with Gasteiger partial charge in [0, 0.05) is 4.88 Å². The molecule has 1 aromatic heterocycles. The number of benzene rings is 1. The number of thiophene rings is 1. The molecule has 1 aliphatic carbocycles. The third-order valence-corrected chi connectivity index (χ3v) is 6.31. The van der Waals surface area contributed by atoms with Crippen LogP contribution >= 0.6 is 11.3 Å². The Balaban J connectivity index is 1.55. The van der Waals surface area contributed by atoms with Crippen molar-refractivity contribution in [3.05, 3.63) is 45.3 Å². The summed E-state index contributed by atoms with van der Waals surface area (Å²) in [5.41, 5.74) is 3.58. The highest BCUT2D eigenvalue weighted by Crippen LogP contribution is 2.38. The smallest absolute Gasteiger partial charge is 0.344 e. The number of rotatable bonds is 8. The van der Waals surface area contributed by atoms with E-state index in [-0.39, 0.29) is 13.2 Å². The third-order valence-electron chi connectivity index (χ3n) is 5.10. The number of anilines is 1. The molecule has 1 amide bonds. The van der Waals surface area contributed by atoms with Gasteiger partial charge in [-0.05, 0) is 75.3 Å². The molecule has 2 aromatic rings. The molecule has 8 heteroatoms. The molecule has 0 fully saturated rings. The second kappa shape index (κ2) is 10.4. The minimum atomic E-state index is -0.649. The number of amides is 1. The van der Waals surface area contributed by atoms with Gasteiger partial charge in [-0.3, -0.25) is 4.79 Å². The van der Waals surface area contributed by atoms with Crippen molar-refractivity contribution in [2.24, 2.45) is 0 Å². The molecule has 1 N–H and O–H groups in total. The van der Waals surface area contributed by atoms with Gasteiger partial charge in [0.2, 0.25) is 0 Å². The molecule has 1 heterocycles. The summed E-state index contributed by atoms with van der Waals surface area (Å²) in [6.45, 7) is 5.20. The monoisotopic (exact) mass is 445 g/mol. The Morgan fingerprint density at radius 2 is 1.81 bits per heavy atom. The number of carbonyl (C=O) groups excluding carboxylic acids is 3. The molecule has 3 rings (SSSR count). The summed E-state index contributed by atoms with van der Waals surface area (Å²) in [7, 11) is 0. The lowest BCUT2D eigenvalue weighted by Crippen LogP contribution is -2.24. The van der Waals surface area contributed by atoms with Crippen molar-refractivity contribution in [2.45, 2.75) is 46.5 Å². The van der Waals surface area contributed by atoms with Crippen LogP contribution in [-0.2, 0) is 31.9 Å². The number of ether oxygens (including phenoxy) is 3. The van der Waals surface area contributed by atoms with Gasteiger partial charge in [-0.15, -0.1) is 11.3 Å². The number of aryl methyl sites for hydroxylation is 3. The Bertz CT molecular complexity index is 981. The minimum Gasteiger partial charge on any atom is -0.482 e. The summed E-state index contributed by atoms with van der Waals surface area (Å²) < 4.78 is 15.6. The Labute approximate surface area is 185 Å². The first-order chi connectivity index (χ1) is 14.9. The van der Waals surface area contributed by atoms with E-state index >= 15 is 0 Å². The van der Waals surface area contributed by atoms with Crippen LogP contribution in [0.25, 0.3) is 0 Å². The zero-order valence-electron chi connectivity index (χ0n) is 18.0. The average Bonchev–Trinajstić information content (AvgIpc) is 3.11. The van der Waals surface area contributed by atoms with Gasteiger partial charge < -0.3 is 19.5 Å². The second-order valence-electron chi connectivity index (χ2n) is 7.38. The van der Waals surface area contributed by atoms with Gasteiger partial charge in [-0.25, -0.2) is 9.59 Å². The van der Waals surface area contributed by atoms with E-state index in [1.807, 2.05) is 26.0 Å². The summed E-state index contributed by atoms with van der Waals surface area (Å²) in [5, 5.41) is 3.17. The molecule has 166 valence electrons. The first-order valence-corrected chi connectivity index (χ1v) is 11.2. The Kier molecular flexibility index (Phi) is 7.68. The molecule has 0 radical (unpaired) electrons.